The molecule has 0 spiro atoms. The Balaban J connectivity index is -0.000000304. The number of hydrogen-bond donors (Lipinski definition) is 4. The van der Waals surface area contributed by atoms with Gasteiger partial charge in [-0.15, -0.1) is 0 Å². The third-order valence-electron chi connectivity index (χ3n) is 1.82. The van der Waals surface area contributed by atoms with Crippen LogP contribution in [0, 0.1) is 0 Å². The van der Waals surface area contributed by atoms with E-state index >= 15 is 0 Å². The number of hydrogen-bond acceptors (Lipinski definition) is 2. The van der Waals surface area contributed by atoms with Gasteiger partial charge in [0.2, 0.25) is 0 Å². The van der Waals surface area contributed by atoms with Crippen LogP contribution in [0.15, 0.2) is 9.52 Å². The minimum atomic E-state index is 0.787. The standard InChI is InChI=1S/2C3H6N2S.3C2I4/c2*6-3-4-1-2-5-3;3*3-1(4)2(5)6/h2*1-2H2,(H2,4,5,6);;;. The molecule has 0 amide bonds. The van der Waals surface area contributed by atoms with Gasteiger partial charge in [0.1, 0.15) is 0 Å². The molecule has 0 aromatic carbocycles. The second-order valence-electron chi connectivity index (χ2n) is 3.93. The van der Waals surface area contributed by atoms with E-state index in [-0.39, 0.29) is 0 Å². The van der Waals surface area contributed by atoms with Gasteiger partial charge in [0.15, 0.2) is 10.2 Å². The highest BCUT2D eigenvalue weighted by Gasteiger charge is 1.99. The molecular formula is C12H12I12N4S2. The Bertz CT molecular complexity index is 484. The molecule has 18 heteroatoms. The number of nitrogens with one attached hydrogen (secondary N) is 4. The first kappa shape index (κ1) is 41.8. The lowest BCUT2D eigenvalue weighted by atomic mass is 10.7. The molecule has 2 fully saturated rings. The summed E-state index contributed by atoms with van der Waals surface area (Å²) in [4.78, 5) is 0. The summed E-state index contributed by atoms with van der Waals surface area (Å²) in [6.07, 6.45) is 0. The molecule has 4 nitrogen and oxygen atoms in total. The van der Waals surface area contributed by atoms with E-state index in [1.165, 1.54) is 9.52 Å². The number of halogens is 12. The first-order chi connectivity index (χ1) is 13.7. The number of thiocarbonyl (C=S) groups is 2. The lowest BCUT2D eigenvalue weighted by molar-refractivity contribution is 0.942. The first-order valence-electron chi connectivity index (χ1n) is 6.84. The van der Waals surface area contributed by atoms with Crippen LogP contribution in [0.3, 0.4) is 0 Å². The molecule has 176 valence electrons. The van der Waals surface area contributed by atoms with Crippen LogP contribution in [0.4, 0.5) is 0 Å². The smallest absolute Gasteiger partial charge is 0.166 e. The molecule has 0 radical (unpaired) electrons. The van der Waals surface area contributed by atoms with Gasteiger partial charge >= 0.3 is 0 Å². The largest absolute Gasteiger partial charge is 0.361 e. The van der Waals surface area contributed by atoms with Crippen LogP contribution in [-0.4, -0.2) is 36.4 Å². The van der Waals surface area contributed by atoms with Gasteiger partial charge in [0, 0.05) is 26.2 Å². The Kier molecular flexibility index (Phi) is 40.9. The summed E-state index contributed by atoms with van der Waals surface area (Å²) in [5, 5.41) is 13.3. The SMILES string of the molecule is IC(I)=C(I)I.IC(I)=C(I)I.IC(I)=C(I)I.S=C1NCCN1.S=C1NCCN1. The molecule has 2 rings (SSSR count). The summed E-state index contributed by atoms with van der Waals surface area (Å²) in [7, 11) is 0. The van der Waals surface area contributed by atoms with E-state index in [9.17, 15) is 0 Å². The van der Waals surface area contributed by atoms with Crippen molar-refractivity contribution in [3.63, 3.8) is 0 Å². The Morgan fingerprint density at radius 2 is 0.533 bits per heavy atom. The van der Waals surface area contributed by atoms with Crippen LogP contribution in [0.5, 0.6) is 0 Å². The average Bonchev–Trinajstić information content (AvgIpc) is 3.30. The molecule has 0 bridgehead atoms. The van der Waals surface area contributed by atoms with Crippen LogP contribution in [0.2, 0.25) is 0 Å². The molecule has 0 atom stereocenters. The fourth-order valence-corrected chi connectivity index (χ4v) is 1.24. The van der Waals surface area contributed by atoms with Crippen molar-refractivity contribution >= 4 is 306 Å². The number of rotatable bonds is 0. The maximum absolute atomic E-state index is 4.70. The molecule has 2 heterocycles. The van der Waals surface area contributed by atoms with E-state index in [4.69, 9.17) is 24.4 Å². The fraction of sp³-hybridized carbons (Fsp3) is 0.333. The molecule has 2 aliphatic heterocycles. The van der Waals surface area contributed by atoms with Gasteiger partial charge in [-0.2, -0.15) is 0 Å². The zero-order valence-corrected chi connectivity index (χ0v) is 41.7. The summed E-state index contributed by atoms with van der Waals surface area (Å²) in [6, 6.07) is 0. The summed E-state index contributed by atoms with van der Waals surface area (Å²) in [5.74, 6) is 0. The molecular weight excluding hydrogens is 1790 g/mol. The van der Waals surface area contributed by atoms with Crippen molar-refractivity contribution in [3.8, 4) is 0 Å². The van der Waals surface area contributed by atoms with Crippen molar-refractivity contribution in [2.45, 2.75) is 0 Å². The topological polar surface area (TPSA) is 48.1 Å². The average molecular weight is 1800 g/mol. The molecule has 0 aromatic heterocycles. The zero-order chi connectivity index (χ0) is 24.3. The minimum Gasteiger partial charge on any atom is -0.361 e. The van der Waals surface area contributed by atoms with Crippen LogP contribution in [0.25, 0.3) is 0 Å². The molecule has 0 saturated carbocycles. The molecule has 0 aliphatic carbocycles. The van der Waals surface area contributed by atoms with Crippen molar-refractivity contribution in [2.75, 3.05) is 26.2 Å². The normalized spacial score (nSPS) is 12.7. The van der Waals surface area contributed by atoms with Crippen molar-refractivity contribution in [1.29, 1.82) is 0 Å². The summed E-state index contributed by atoms with van der Waals surface area (Å²) in [5.41, 5.74) is 0. The molecule has 2 saturated heterocycles. The fourth-order valence-electron chi connectivity index (χ4n) is 0.829. The highest BCUT2D eigenvalue weighted by Crippen LogP contribution is 2.30. The Morgan fingerprint density at radius 3 is 0.567 bits per heavy atom. The Hall–Kier alpha value is 7.36. The summed E-state index contributed by atoms with van der Waals surface area (Å²) < 4.78 is 8.04. The summed E-state index contributed by atoms with van der Waals surface area (Å²) >= 11 is 36.8. The summed E-state index contributed by atoms with van der Waals surface area (Å²) in [6.45, 7) is 3.94. The first-order valence-corrected chi connectivity index (χ1v) is 20.6. The molecule has 30 heavy (non-hydrogen) atoms. The predicted octanol–water partition coefficient (Wildman–Crippen LogP) is 10.5. The van der Waals surface area contributed by atoms with E-state index in [1.807, 2.05) is 0 Å². The minimum absolute atomic E-state index is 0.787. The van der Waals surface area contributed by atoms with Gasteiger partial charge in [0.05, 0.1) is 9.52 Å². The monoisotopic (exact) mass is 1800 g/mol. The van der Waals surface area contributed by atoms with Crippen molar-refractivity contribution in [1.82, 2.24) is 21.3 Å². The van der Waals surface area contributed by atoms with Crippen molar-refractivity contribution < 1.29 is 0 Å². The van der Waals surface area contributed by atoms with E-state index in [0.29, 0.717) is 0 Å². The lowest BCUT2D eigenvalue weighted by Gasteiger charge is -1.85. The third-order valence-corrected chi connectivity index (χ3v) is 21.3. The molecule has 2 aliphatic rings. The Labute approximate surface area is 353 Å². The van der Waals surface area contributed by atoms with E-state index in [0.717, 1.165) is 36.4 Å². The van der Waals surface area contributed by atoms with Gasteiger partial charge in [-0.25, -0.2) is 0 Å². The van der Waals surface area contributed by atoms with E-state index in [2.05, 4.69) is 292 Å². The molecule has 0 aromatic rings. The van der Waals surface area contributed by atoms with Gasteiger partial charge < -0.3 is 21.3 Å². The van der Waals surface area contributed by atoms with Gasteiger partial charge in [-0.1, -0.05) is 0 Å². The zero-order valence-electron chi connectivity index (χ0n) is 14.2. The van der Waals surface area contributed by atoms with Gasteiger partial charge in [0.25, 0.3) is 0 Å². The predicted molar refractivity (Wildman–Crippen MR) is 247 cm³/mol. The maximum atomic E-state index is 4.70. The van der Waals surface area contributed by atoms with Crippen LogP contribution >= 0.6 is 296 Å². The lowest BCUT2D eigenvalue weighted by Crippen LogP contribution is -2.19. The van der Waals surface area contributed by atoms with Crippen LogP contribution in [-0.2, 0) is 0 Å². The highest BCUT2D eigenvalue weighted by atomic mass is 127. The van der Waals surface area contributed by atoms with E-state index < -0.39 is 0 Å². The van der Waals surface area contributed by atoms with Gasteiger partial charge in [-0.3, -0.25) is 0 Å². The second-order valence-corrected chi connectivity index (χ2v) is 30.1. The third kappa shape index (κ3) is 37.5. The van der Waals surface area contributed by atoms with Gasteiger partial charge in [-0.05, 0) is 296 Å². The van der Waals surface area contributed by atoms with E-state index in [1.54, 1.807) is 0 Å². The maximum Gasteiger partial charge on any atom is 0.166 e. The highest BCUT2D eigenvalue weighted by molar-refractivity contribution is 14.2. The molecule has 0 unspecified atom stereocenters. The van der Waals surface area contributed by atoms with Crippen LogP contribution in [0.1, 0.15) is 0 Å². The van der Waals surface area contributed by atoms with Crippen molar-refractivity contribution in [3.05, 3.63) is 9.52 Å². The van der Waals surface area contributed by atoms with Crippen molar-refractivity contribution in [2.24, 2.45) is 0 Å². The second kappa shape index (κ2) is 29.3. The molecule has 4 N–H and O–H groups in total. The quantitative estimate of drug-likeness (QED) is 0.143. The van der Waals surface area contributed by atoms with Crippen LogP contribution < -0.4 is 21.3 Å². The Morgan fingerprint density at radius 1 is 0.400 bits per heavy atom.